The number of β-amino-alcohol motifs (C(OH)–C–C–N with tert-alkyl or cyclic N) is 1. The van der Waals surface area contributed by atoms with E-state index in [9.17, 15) is 9.90 Å². The fraction of sp³-hybridized carbons (Fsp3) is 0.435. The molecule has 0 bridgehead atoms. The summed E-state index contributed by atoms with van der Waals surface area (Å²) in [5.41, 5.74) is 2.31. The Labute approximate surface area is 175 Å². The third-order valence-corrected chi connectivity index (χ3v) is 6.54. The first-order valence-electron chi connectivity index (χ1n) is 10.0. The number of rotatable bonds is 3. The van der Waals surface area contributed by atoms with Crippen molar-refractivity contribution in [3.05, 3.63) is 70.2 Å². The van der Waals surface area contributed by atoms with Crippen molar-refractivity contribution in [3.8, 4) is 0 Å². The number of nitrogens with zero attached hydrogens (tertiary/aromatic N) is 2. The molecule has 0 aliphatic carbocycles. The predicted octanol–water partition coefficient (Wildman–Crippen LogP) is 3.99. The molecular weight excluding hydrogens is 416 g/mol. The molecule has 4 atom stereocenters. The second kappa shape index (κ2) is 8.36. The van der Waals surface area contributed by atoms with Gasteiger partial charge in [0.2, 0.25) is 5.91 Å². The molecule has 4 nitrogen and oxygen atoms in total. The normalized spacial score (nSPS) is 28.7. The second-order valence-electron chi connectivity index (χ2n) is 8.13. The molecule has 1 N–H and O–H groups in total. The van der Waals surface area contributed by atoms with Gasteiger partial charge in [-0.3, -0.25) is 9.69 Å². The van der Waals surface area contributed by atoms with Gasteiger partial charge in [-0.1, -0.05) is 65.3 Å². The van der Waals surface area contributed by atoms with E-state index in [-0.39, 0.29) is 18.0 Å². The molecular formula is C23H27BrN2O2. The predicted molar refractivity (Wildman–Crippen MR) is 114 cm³/mol. The van der Waals surface area contributed by atoms with Crippen molar-refractivity contribution in [3.63, 3.8) is 0 Å². The maximum atomic E-state index is 13.4. The number of carbonyl (C=O) groups is 1. The first-order chi connectivity index (χ1) is 13.5. The van der Waals surface area contributed by atoms with Gasteiger partial charge < -0.3 is 10.0 Å². The van der Waals surface area contributed by atoms with Gasteiger partial charge >= 0.3 is 0 Å². The van der Waals surface area contributed by atoms with Crippen LogP contribution in [0.5, 0.6) is 0 Å². The van der Waals surface area contributed by atoms with Crippen LogP contribution in [-0.4, -0.2) is 46.0 Å². The van der Waals surface area contributed by atoms with Crippen LogP contribution in [0.3, 0.4) is 0 Å². The third-order valence-electron chi connectivity index (χ3n) is 6.05. The molecule has 0 unspecified atom stereocenters. The maximum absolute atomic E-state index is 13.4. The third kappa shape index (κ3) is 4.02. The summed E-state index contributed by atoms with van der Waals surface area (Å²) in [6.07, 6.45) is 1.32. The lowest BCUT2D eigenvalue weighted by molar-refractivity contribution is -0.139. The Hall–Kier alpha value is -1.69. The molecule has 0 aromatic heterocycles. The van der Waals surface area contributed by atoms with E-state index in [0.717, 1.165) is 22.9 Å². The highest BCUT2D eigenvalue weighted by molar-refractivity contribution is 9.10. The van der Waals surface area contributed by atoms with Crippen LogP contribution < -0.4 is 0 Å². The fourth-order valence-electron chi connectivity index (χ4n) is 4.78. The number of hydrogen-bond donors (Lipinski definition) is 1. The van der Waals surface area contributed by atoms with Crippen LogP contribution in [0, 0.1) is 5.92 Å². The first kappa shape index (κ1) is 19.6. The van der Waals surface area contributed by atoms with E-state index in [1.54, 1.807) is 0 Å². The number of carbonyl (C=O) groups excluding carboxylic acids is 1. The highest BCUT2D eigenvalue weighted by atomic mass is 79.9. The topological polar surface area (TPSA) is 43.8 Å². The number of piperidine rings is 1. The summed E-state index contributed by atoms with van der Waals surface area (Å²) in [5, 5.41) is 10.8. The minimum absolute atomic E-state index is 0.145. The van der Waals surface area contributed by atoms with Crippen molar-refractivity contribution in [2.24, 2.45) is 5.92 Å². The summed E-state index contributed by atoms with van der Waals surface area (Å²) in [7, 11) is 0. The molecule has 2 aromatic rings. The lowest BCUT2D eigenvalue weighted by Gasteiger charge is -2.44. The summed E-state index contributed by atoms with van der Waals surface area (Å²) < 4.78 is 1.05. The van der Waals surface area contributed by atoms with Gasteiger partial charge in [0.15, 0.2) is 0 Å². The molecule has 2 aliphatic rings. The summed E-state index contributed by atoms with van der Waals surface area (Å²) in [5.74, 6) is 0.582. The van der Waals surface area contributed by atoms with Gasteiger partial charge in [0.25, 0.3) is 0 Å². The number of halogens is 1. The van der Waals surface area contributed by atoms with Crippen LogP contribution in [0.2, 0.25) is 0 Å². The van der Waals surface area contributed by atoms with Crippen LogP contribution in [-0.2, 0) is 11.3 Å². The van der Waals surface area contributed by atoms with E-state index in [1.807, 2.05) is 47.4 Å². The van der Waals surface area contributed by atoms with Crippen molar-refractivity contribution in [1.82, 2.24) is 9.80 Å². The van der Waals surface area contributed by atoms with Gasteiger partial charge in [0, 0.05) is 30.1 Å². The van der Waals surface area contributed by atoms with Crippen molar-refractivity contribution in [1.29, 1.82) is 0 Å². The lowest BCUT2D eigenvalue weighted by atomic mass is 9.82. The minimum Gasteiger partial charge on any atom is -0.390 e. The van der Waals surface area contributed by atoms with Gasteiger partial charge in [-0.2, -0.15) is 0 Å². The fourth-order valence-corrected chi connectivity index (χ4v) is 5.20. The van der Waals surface area contributed by atoms with E-state index in [2.05, 4.69) is 39.9 Å². The summed E-state index contributed by atoms with van der Waals surface area (Å²) in [6.45, 7) is 3.73. The number of amides is 1. The monoisotopic (exact) mass is 442 g/mol. The number of aliphatic hydroxyl groups is 1. The number of hydrogen-bond acceptors (Lipinski definition) is 3. The smallest absolute Gasteiger partial charge is 0.240 e. The molecule has 0 radical (unpaired) electrons. The van der Waals surface area contributed by atoms with Gasteiger partial charge in [0.1, 0.15) is 0 Å². The minimum atomic E-state index is -0.544. The quantitative estimate of drug-likeness (QED) is 0.780. The molecule has 28 heavy (non-hydrogen) atoms. The average Bonchev–Trinajstić information content (AvgIpc) is 2.79. The Balaban J connectivity index is 1.63. The van der Waals surface area contributed by atoms with Crippen molar-refractivity contribution >= 4 is 21.8 Å². The van der Waals surface area contributed by atoms with Crippen LogP contribution >= 0.6 is 15.9 Å². The van der Waals surface area contributed by atoms with E-state index in [0.29, 0.717) is 25.6 Å². The molecule has 5 heteroatoms. The van der Waals surface area contributed by atoms with E-state index in [1.165, 1.54) is 5.56 Å². The molecule has 2 heterocycles. The van der Waals surface area contributed by atoms with Crippen LogP contribution in [0.15, 0.2) is 59.1 Å². The summed E-state index contributed by atoms with van der Waals surface area (Å²) in [4.78, 5) is 17.5. The van der Waals surface area contributed by atoms with Crippen LogP contribution in [0.4, 0.5) is 0 Å². The maximum Gasteiger partial charge on any atom is 0.240 e. The highest BCUT2D eigenvalue weighted by Crippen LogP contribution is 2.41. The SMILES string of the molecule is C[C@H]1CC[C@H]2C(=O)N(Cc3ccccc3)C[C@@H](O)CN2[C@H]1c1cccc(Br)c1. The Morgan fingerprint density at radius 1 is 1.07 bits per heavy atom. The Kier molecular flexibility index (Phi) is 5.85. The van der Waals surface area contributed by atoms with Crippen molar-refractivity contribution in [2.45, 2.75) is 44.5 Å². The lowest BCUT2D eigenvalue weighted by Crippen LogP contribution is -2.51. The zero-order chi connectivity index (χ0) is 19.7. The van der Waals surface area contributed by atoms with Crippen LogP contribution in [0.1, 0.15) is 36.9 Å². The van der Waals surface area contributed by atoms with Crippen molar-refractivity contribution < 1.29 is 9.90 Å². The molecule has 1 amide bonds. The summed E-state index contributed by atoms with van der Waals surface area (Å²) >= 11 is 3.58. The standard InChI is InChI=1S/C23H27BrN2O2/c1-16-10-11-21-23(28)25(13-17-6-3-2-4-7-17)14-20(27)15-26(21)22(16)18-8-5-9-19(24)12-18/h2-9,12,16,20-22,27H,10-11,13-15H2,1H3/t16-,20+,21-,22+/m0/s1. The molecule has 148 valence electrons. The molecule has 0 spiro atoms. The molecule has 2 fully saturated rings. The van der Waals surface area contributed by atoms with E-state index in [4.69, 9.17) is 0 Å². The zero-order valence-corrected chi connectivity index (χ0v) is 17.8. The molecule has 2 aromatic carbocycles. The van der Waals surface area contributed by atoms with Gasteiger partial charge in [-0.15, -0.1) is 0 Å². The molecule has 2 saturated heterocycles. The van der Waals surface area contributed by atoms with E-state index >= 15 is 0 Å². The Morgan fingerprint density at radius 3 is 2.61 bits per heavy atom. The van der Waals surface area contributed by atoms with Crippen LogP contribution in [0.25, 0.3) is 0 Å². The Bertz CT molecular complexity index is 828. The molecule has 4 rings (SSSR count). The van der Waals surface area contributed by atoms with Gasteiger partial charge in [-0.25, -0.2) is 0 Å². The van der Waals surface area contributed by atoms with Gasteiger partial charge in [-0.05, 0) is 42.0 Å². The van der Waals surface area contributed by atoms with Crippen molar-refractivity contribution in [2.75, 3.05) is 13.1 Å². The average molecular weight is 443 g/mol. The summed E-state index contributed by atoms with van der Waals surface area (Å²) in [6, 6.07) is 18.4. The number of benzene rings is 2. The molecule has 2 aliphatic heterocycles. The second-order valence-corrected chi connectivity index (χ2v) is 9.04. The number of fused-ring (bicyclic) bond motifs is 1. The van der Waals surface area contributed by atoms with E-state index < -0.39 is 6.10 Å². The Morgan fingerprint density at radius 2 is 1.86 bits per heavy atom. The molecule has 0 saturated carbocycles. The highest BCUT2D eigenvalue weighted by Gasteiger charge is 2.44. The zero-order valence-electron chi connectivity index (χ0n) is 16.2. The number of aliphatic hydroxyl groups excluding tert-OH is 1. The largest absolute Gasteiger partial charge is 0.390 e. The first-order valence-corrected chi connectivity index (χ1v) is 10.8. The van der Waals surface area contributed by atoms with Gasteiger partial charge in [0.05, 0.1) is 12.1 Å².